The summed E-state index contributed by atoms with van der Waals surface area (Å²) >= 11 is 0. The van der Waals surface area contributed by atoms with Crippen molar-refractivity contribution in [1.82, 2.24) is 42.5 Å². The maximum Gasteiger partial charge on any atom is 0.326 e. The first-order valence-corrected chi connectivity index (χ1v) is 22.1. The number of unbranched alkanes of at least 4 members (excludes halogenated alkanes) is 1. The molecule has 0 saturated heterocycles. The van der Waals surface area contributed by atoms with Gasteiger partial charge in [-0.1, -0.05) is 74.5 Å². The summed E-state index contributed by atoms with van der Waals surface area (Å²) in [6.45, 7) is 4.56. The lowest BCUT2D eigenvalue weighted by molar-refractivity contribution is -0.142. The number of carbonyl (C=O) groups excluding carboxylic acids is 8. The molecule has 0 aliphatic rings. The van der Waals surface area contributed by atoms with E-state index in [0.29, 0.717) is 24.9 Å². The molecule has 2 aromatic carbocycles. The van der Waals surface area contributed by atoms with Crippen molar-refractivity contribution >= 4 is 59.2 Å². The number of nitrogens with two attached hydrogens (primary N) is 2. The monoisotopic (exact) mass is 954 g/mol. The van der Waals surface area contributed by atoms with Crippen molar-refractivity contribution < 1.29 is 63.3 Å². The minimum Gasteiger partial charge on any atom is -0.481 e. The van der Waals surface area contributed by atoms with E-state index in [-0.39, 0.29) is 31.6 Å². The van der Waals surface area contributed by atoms with Gasteiger partial charge in [-0.15, -0.1) is 0 Å². The fraction of sp³-hybridized carbons (Fsp3) is 0.511. The Hall–Kier alpha value is -6.98. The van der Waals surface area contributed by atoms with Crippen LogP contribution in [-0.4, -0.2) is 143 Å². The molecule has 0 aromatic heterocycles. The fourth-order valence-corrected chi connectivity index (χ4v) is 6.49. The Balaban J connectivity index is 2.03. The molecule has 23 heteroatoms. The second-order valence-electron chi connectivity index (χ2n) is 16.6. The number of carboxylic acids is 2. The molecule has 0 heterocycles. The maximum atomic E-state index is 13.5. The fourth-order valence-electron chi connectivity index (χ4n) is 6.49. The van der Waals surface area contributed by atoms with Crippen LogP contribution >= 0.6 is 0 Å². The van der Waals surface area contributed by atoms with Crippen LogP contribution in [0, 0.1) is 5.92 Å². The first-order valence-electron chi connectivity index (χ1n) is 22.1. The molecule has 68 heavy (non-hydrogen) atoms. The van der Waals surface area contributed by atoms with Crippen molar-refractivity contribution in [3.8, 4) is 0 Å². The maximum absolute atomic E-state index is 13.5. The average molecular weight is 955 g/mol. The SMILES string of the molecule is CC(C)C[C@H](NC(=O)[C@H](CO)NC(=O)CNC(=O)[C@H](CC(=O)O)NC(=O)[C@H](C)NC(=O)[C@@H](N)Cc1ccccc1)C(=O)N[C@@H](C)C(=O)N[C@@H](CCCCN)C(=O)N[C@@H](Cc1ccccc1)C(=O)O. The molecule has 8 amide bonds. The molecule has 0 radical (unpaired) electrons. The van der Waals surface area contributed by atoms with Crippen LogP contribution in [-0.2, 0) is 60.8 Å². The molecule has 0 unspecified atom stereocenters. The van der Waals surface area contributed by atoms with E-state index < -0.39 is 127 Å². The number of hydrogen-bond acceptors (Lipinski definition) is 13. The first-order chi connectivity index (χ1) is 32.1. The van der Waals surface area contributed by atoms with Crippen molar-refractivity contribution in [2.24, 2.45) is 17.4 Å². The molecule has 15 N–H and O–H groups in total. The molecule has 0 aliphatic carbocycles. The third kappa shape index (κ3) is 21.1. The highest BCUT2D eigenvalue weighted by atomic mass is 16.4. The molecule has 0 saturated carbocycles. The van der Waals surface area contributed by atoms with E-state index in [2.05, 4.69) is 42.5 Å². The summed E-state index contributed by atoms with van der Waals surface area (Å²) in [5.74, 6) is -10.2. The average Bonchev–Trinajstić information content (AvgIpc) is 3.28. The van der Waals surface area contributed by atoms with Gasteiger partial charge in [0.05, 0.1) is 25.6 Å². The second kappa shape index (κ2) is 29.6. The number of aliphatic carboxylic acids is 2. The van der Waals surface area contributed by atoms with Gasteiger partial charge in [-0.25, -0.2) is 4.79 Å². The van der Waals surface area contributed by atoms with Crippen LogP contribution in [0.15, 0.2) is 60.7 Å². The largest absolute Gasteiger partial charge is 0.481 e. The Kier molecular flexibility index (Phi) is 24.9. The van der Waals surface area contributed by atoms with Crippen molar-refractivity contribution in [1.29, 1.82) is 0 Å². The molecule has 0 spiro atoms. The predicted octanol–water partition coefficient (Wildman–Crippen LogP) is -2.92. The Morgan fingerprint density at radius 1 is 0.544 bits per heavy atom. The lowest BCUT2D eigenvalue weighted by atomic mass is 10.0. The lowest BCUT2D eigenvalue weighted by Gasteiger charge is -2.26. The highest BCUT2D eigenvalue weighted by Crippen LogP contribution is 2.09. The minimum absolute atomic E-state index is 0.0228. The van der Waals surface area contributed by atoms with Crippen molar-refractivity contribution in [2.75, 3.05) is 19.7 Å². The van der Waals surface area contributed by atoms with E-state index in [0.717, 1.165) is 5.56 Å². The summed E-state index contributed by atoms with van der Waals surface area (Å²) in [7, 11) is 0. The van der Waals surface area contributed by atoms with Gasteiger partial charge in [-0.05, 0) is 69.5 Å². The topological polar surface area (TPSA) is 380 Å². The highest BCUT2D eigenvalue weighted by Gasteiger charge is 2.32. The molecule has 0 bridgehead atoms. The highest BCUT2D eigenvalue weighted by molar-refractivity contribution is 5.98. The summed E-state index contributed by atoms with van der Waals surface area (Å²) < 4.78 is 0. The number of aliphatic hydroxyl groups excluding tert-OH is 1. The van der Waals surface area contributed by atoms with Gasteiger partial charge < -0.3 is 69.3 Å². The summed E-state index contributed by atoms with van der Waals surface area (Å²) in [5.41, 5.74) is 13.0. The van der Waals surface area contributed by atoms with Gasteiger partial charge in [0.25, 0.3) is 0 Å². The molecule has 2 aromatic rings. The second-order valence-corrected chi connectivity index (χ2v) is 16.6. The summed E-state index contributed by atoms with van der Waals surface area (Å²) in [6.07, 6.45) is 0.255. The number of amides is 8. The standard InChI is InChI=1S/C45H66N10O13/c1-25(2)19-32(43(65)50-27(4)38(60)52-31(17-11-12-18-46)42(64)55-34(45(67)68)21-29-15-9-6-10-16-29)54-44(66)35(24-56)51-36(57)23-48-41(63)33(22-37(58)59)53-39(61)26(3)49-40(62)30(47)20-28-13-7-5-8-14-28/h5-10,13-16,25-27,30-35,56H,11-12,17-24,46-47H2,1-4H3,(H,48,63)(H,49,62)(H,50,65)(H,51,57)(H,52,60)(H,53,61)(H,54,66)(H,55,64)(H,58,59)(H,67,68)/t26-,27-,30-,31-,32-,33-,34-,35-/m0/s1. The zero-order valence-electron chi connectivity index (χ0n) is 38.6. The Morgan fingerprint density at radius 2 is 1.03 bits per heavy atom. The van der Waals surface area contributed by atoms with Gasteiger partial charge in [0.2, 0.25) is 47.3 Å². The van der Waals surface area contributed by atoms with Crippen molar-refractivity contribution in [3.05, 3.63) is 71.8 Å². The summed E-state index contributed by atoms with van der Waals surface area (Å²) in [5, 5.41) is 48.1. The normalized spacial score (nSPS) is 14.5. The predicted molar refractivity (Wildman–Crippen MR) is 245 cm³/mol. The summed E-state index contributed by atoms with van der Waals surface area (Å²) in [6, 6.07) is 6.71. The number of hydrogen-bond donors (Lipinski definition) is 13. The molecule has 0 aliphatic heterocycles. The van der Waals surface area contributed by atoms with Crippen LogP contribution in [0.25, 0.3) is 0 Å². The van der Waals surface area contributed by atoms with Gasteiger partial charge in [0.15, 0.2) is 0 Å². The zero-order chi connectivity index (χ0) is 50.9. The van der Waals surface area contributed by atoms with Gasteiger partial charge in [-0.2, -0.15) is 0 Å². The first kappa shape index (κ1) is 57.1. The molecular formula is C45H66N10O13. The van der Waals surface area contributed by atoms with Crippen LogP contribution in [0.3, 0.4) is 0 Å². The molecule has 8 atom stereocenters. The van der Waals surface area contributed by atoms with Crippen molar-refractivity contribution in [3.63, 3.8) is 0 Å². The molecule has 23 nitrogen and oxygen atoms in total. The van der Waals surface area contributed by atoms with Crippen LogP contribution < -0.4 is 54.0 Å². The third-order valence-electron chi connectivity index (χ3n) is 10.2. The van der Waals surface area contributed by atoms with Crippen LogP contribution in [0.1, 0.15) is 70.9 Å². The van der Waals surface area contributed by atoms with E-state index in [1.807, 2.05) is 0 Å². The molecule has 374 valence electrons. The van der Waals surface area contributed by atoms with Crippen LogP contribution in [0.2, 0.25) is 0 Å². The molecule has 0 fully saturated rings. The van der Waals surface area contributed by atoms with Gasteiger partial charge in [0, 0.05) is 6.42 Å². The minimum atomic E-state index is -1.71. The zero-order valence-corrected chi connectivity index (χ0v) is 38.6. The lowest BCUT2D eigenvalue weighted by Crippen LogP contribution is -2.59. The van der Waals surface area contributed by atoms with Gasteiger partial charge >= 0.3 is 11.9 Å². The Labute approximate surface area is 394 Å². The van der Waals surface area contributed by atoms with E-state index in [9.17, 15) is 63.3 Å². The van der Waals surface area contributed by atoms with Gasteiger partial charge in [0.1, 0.15) is 42.3 Å². The number of aliphatic hydroxyl groups is 1. The third-order valence-corrected chi connectivity index (χ3v) is 10.2. The van der Waals surface area contributed by atoms with E-state index in [1.54, 1.807) is 74.5 Å². The number of carbonyl (C=O) groups is 10. The summed E-state index contributed by atoms with van der Waals surface area (Å²) in [4.78, 5) is 128. The Bertz CT molecular complexity index is 2030. The molecular weight excluding hydrogens is 889 g/mol. The van der Waals surface area contributed by atoms with E-state index >= 15 is 0 Å². The Morgan fingerprint density at radius 3 is 1.54 bits per heavy atom. The van der Waals surface area contributed by atoms with Crippen LogP contribution in [0.5, 0.6) is 0 Å². The van der Waals surface area contributed by atoms with Crippen molar-refractivity contribution in [2.45, 2.75) is 121 Å². The number of benzene rings is 2. The number of nitrogens with one attached hydrogen (secondary N) is 8. The van der Waals surface area contributed by atoms with E-state index in [1.165, 1.54) is 13.8 Å². The molecule has 2 rings (SSSR count). The number of carboxylic acid groups (broad SMARTS) is 2. The quantitative estimate of drug-likeness (QED) is 0.0349. The van der Waals surface area contributed by atoms with E-state index in [4.69, 9.17) is 11.5 Å². The number of rotatable bonds is 30. The van der Waals surface area contributed by atoms with Crippen LogP contribution in [0.4, 0.5) is 0 Å². The van der Waals surface area contributed by atoms with Gasteiger partial charge in [-0.3, -0.25) is 43.2 Å². The smallest absolute Gasteiger partial charge is 0.326 e.